The van der Waals surface area contributed by atoms with Gasteiger partial charge in [-0.15, -0.1) is 0 Å². The zero-order valence-corrected chi connectivity index (χ0v) is 24.4. The second-order valence-electron chi connectivity index (χ2n) is 9.96. The molecule has 4 aromatic rings. The molecule has 0 N–H and O–H groups in total. The van der Waals surface area contributed by atoms with Crippen LogP contribution in [0.2, 0.25) is 0 Å². The molecule has 5 rings (SSSR count). The molecule has 0 atom stereocenters. The number of oxazole rings is 1. The summed E-state index contributed by atoms with van der Waals surface area (Å²) in [6.45, 7) is 2.34. The van der Waals surface area contributed by atoms with Gasteiger partial charge in [0.25, 0.3) is 5.52 Å². The van der Waals surface area contributed by atoms with E-state index in [1.165, 1.54) is 0 Å². The highest BCUT2D eigenvalue weighted by Gasteiger charge is 2.27. The van der Waals surface area contributed by atoms with E-state index in [2.05, 4.69) is 0 Å². The molecule has 3 aromatic carbocycles. The van der Waals surface area contributed by atoms with Gasteiger partial charge in [0.2, 0.25) is 11.5 Å². The van der Waals surface area contributed by atoms with Crippen LogP contribution in [0.25, 0.3) is 28.3 Å². The van der Waals surface area contributed by atoms with Gasteiger partial charge in [0.15, 0.2) is 12.3 Å². The van der Waals surface area contributed by atoms with Crippen molar-refractivity contribution >= 4 is 43.1 Å². The van der Waals surface area contributed by atoms with Crippen LogP contribution < -0.4 is 14.2 Å². The van der Waals surface area contributed by atoms with E-state index in [-0.39, 0.29) is 25.9 Å². The van der Waals surface area contributed by atoms with Crippen molar-refractivity contribution in [3.05, 3.63) is 96.2 Å². The van der Waals surface area contributed by atoms with Crippen LogP contribution in [-0.4, -0.2) is 44.0 Å². The number of hydrogen-bond acceptors (Lipinski definition) is 9. The maximum atomic E-state index is 11.3. The highest BCUT2D eigenvalue weighted by Crippen LogP contribution is 2.42. The summed E-state index contributed by atoms with van der Waals surface area (Å²) in [6.07, 6.45) is 3.80. The molecule has 0 unspecified atom stereocenters. The topological polar surface area (TPSA) is 144 Å². The van der Waals surface area contributed by atoms with Crippen LogP contribution in [0.1, 0.15) is 25.7 Å². The fraction of sp³-hybridized carbons (Fsp3) is 0.233. The average molecular weight is 610 g/mol. The smallest absolute Gasteiger partial charge is 0.374 e. The fourth-order valence-corrected chi connectivity index (χ4v) is 5.84. The molecule has 0 saturated heterocycles. The lowest BCUT2D eigenvalue weighted by Gasteiger charge is -2.19. The van der Waals surface area contributed by atoms with E-state index in [4.69, 9.17) is 9.15 Å². The molecular weight excluding hydrogens is 580 g/mol. The number of fused-ring (bicyclic) bond motifs is 2. The Labute approximate surface area is 244 Å². The summed E-state index contributed by atoms with van der Waals surface area (Å²) in [4.78, 5) is 1.84. The van der Waals surface area contributed by atoms with Crippen LogP contribution in [0.4, 0.5) is 5.69 Å². The Morgan fingerprint density at radius 2 is 1.57 bits per heavy atom. The molecule has 1 aliphatic rings. The first kappa shape index (κ1) is 29.5. The van der Waals surface area contributed by atoms with E-state index in [9.17, 15) is 25.9 Å². The zero-order valence-electron chi connectivity index (χ0n) is 22.8. The first-order chi connectivity index (χ1) is 20.0. The largest absolute Gasteiger partial charge is 0.748 e. The van der Waals surface area contributed by atoms with Gasteiger partial charge in [0, 0.05) is 36.6 Å². The van der Waals surface area contributed by atoms with Gasteiger partial charge in [-0.2, -0.15) is 4.57 Å². The minimum atomic E-state index is -4.38. The zero-order chi connectivity index (χ0) is 29.9. The van der Waals surface area contributed by atoms with Crippen LogP contribution in [-0.2, 0) is 26.8 Å². The summed E-state index contributed by atoms with van der Waals surface area (Å²) in [6, 6.07) is 22.9. The predicted octanol–water partition coefficient (Wildman–Crippen LogP) is 4.40. The molecule has 0 aliphatic carbocycles. The molecule has 0 fully saturated rings. The minimum absolute atomic E-state index is 0.108. The van der Waals surface area contributed by atoms with Gasteiger partial charge in [-0.1, -0.05) is 48.5 Å². The first-order valence-electron chi connectivity index (χ1n) is 13.3. The van der Waals surface area contributed by atoms with Crippen LogP contribution >= 0.6 is 0 Å². The molecule has 0 amide bonds. The van der Waals surface area contributed by atoms with Gasteiger partial charge in [0.1, 0.15) is 0 Å². The van der Waals surface area contributed by atoms with E-state index >= 15 is 0 Å². The molecule has 1 aliphatic heterocycles. The van der Waals surface area contributed by atoms with E-state index in [0.717, 1.165) is 27.9 Å². The van der Waals surface area contributed by atoms with E-state index in [0.29, 0.717) is 23.1 Å². The molecule has 42 heavy (non-hydrogen) atoms. The summed E-state index contributed by atoms with van der Waals surface area (Å²) in [5.74, 6) is 0.511. The summed E-state index contributed by atoms with van der Waals surface area (Å²) in [5.41, 5.74) is 4.80. The SMILES string of the molecule is CC(=Cc1oc2ccccc2[n+]1CCCS(=O)(=O)[O-])C=C1Oc2ccc(-c3ccccc3)cc2N1CCCS(=O)(=O)[O-]. The number of nitrogens with zero attached hydrogens (tertiary/aromatic N) is 2. The third-order valence-corrected chi connectivity index (χ3v) is 8.31. The van der Waals surface area contributed by atoms with Crippen molar-refractivity contribution in [2.24, 2.45) is 0 Å². The van der Waals surface area contributed by atoms with Crippen molar-refractivity contribution in [1.29, 1.82) is 0 Å². The second-order valence-corrected chi connectivity index (χ2v) is 13.0. The summed E-state index contributed by atoms with van der Waals surface area (Å²) in [5, 5.41) is 0. The van der Waals surface area contributed by atoms with E-state index < -0.39 is 31.7 Å². The normalized spacial score (nSPS) is 14.9. The van der Waals surface area contributed by atoms with E-state index in [1.807, 2.05) is 83.1 Å². The van der Waals surface area contributed by atoms with Gasteiger partial charge in [0.05, 0.1) is 32.0 Å². The second kappa shape index (κ2) is 12.1. The molecule has 2 heterocycles. The van der Waals surface area contributed by atoms with Crippen molar-refractivity contribution in [3.8, 4) is 16.9 Å². The highest BCUT2D eigenvalue weighted by atomic mass is 32.2. The fourth-order valence-electron chi connectivity index (χ4n) is 4.87. The lowest BCUT2D eigenvalue weighted by atomic mass is 10.0. The standard InChI is InChI=1S/C30H30N2O8S2/c1-22(19-29-31(15-7-17-41(33,34)35)25-11-5-6-12-27(25)39-29)20-30-32(16-8-18-42(36,37)38)26-21-24(13-14-28(26)40-30)23-9-3-2-4-10-23/h2-6,9-14,19-21H,7-8,15-18H2,1H3,(H-,33,34,35,36,37,38)/p-1. The van der Waals surface area contributed by atoms with Crippen molar-refractivity contribution in [2.45, 2.75) is 26.3 Å². The quantitative estimate of drug-likeness (QED) is 0.178. The Hall–Kier alpha value is -3.97. The predicted molar refractivity (Wildman–Crippen MR) is 156 cm³/mol. The van der Waals surface area contributed by atoms with Crippen LogP contribution in [0, 0.1) is 0 Å². The number of rotatable bonds is 11. The lowest BCUT2D eigenvalue weighted by Crippen LogP contribution is -2.36. The summed E-state index contributed by atoms with van der Waals surface area (Å²) in [7, 11) is -8.73. The van der Waals surface area contributed by atoms with Gasteiger partial charge < -0.3 is 23.2 Å². The first-order valence-corrected chi connectivity index (χ1v) is 16.5. The molecule has 0 spiro atoms. The summed E-state index contributed by atoms with van der Waals surface area (Å²) >= 11 is 0. The number of aryl methyl sites for hydroxylation is 1. The minimum Gasteiger partial charge on any atom is -0.748 e. The number of ether oxygens (including phenoxy) is 1. The third-order valence-electron chi connectivity index (χ3n) is 6.73. The van der Waals surface area contributed by atoms with E-state index in [1.54, 1.807) is 18.2 Å². The van der Waals surface area contributed by atoms with Crippen molar-refractivity contribution in [1.82, 2.24) is 0 Å². The number of anilines is 1. The van der Waals surface area contributed by atoms with Gasteiger partial charge in [-0.25, -0.2) is 16.8 Å². The number of allylic oxidation sites excluding steroid dienone is 2. The molecular formula is C30H29N2O8S2-. The number of para-hydroxylation sites is 2. The van der Waals surface area contributed by atoms with Crippen LogP contribution in [0.15, 0.2) is 94.7 Å². The Balaban J connectivity index is 1.48. The number of aromatic nitrogens is 1. The molecule has 0 saturated carbocycles. The van der Waals surface area contributed by atoms with Gasteiger partial charge in [-0.3, -0.25) is 0 Å². The average Bonchev–Trinajstić information content (AvgIpc) is 3.44. The Bertz CT molecular complexity index is 1880. The van der Waals surface area contributed by atoms with Crippen LogP contribution in [0.3, 0.4) is 0 Å². The molecule has 0 bridgehead atoms. The Morgan fingerprint density at radius 3 is 2.31 bits per heavy atom. The monoisotopic (exact) mass is 609 g/mol. The number of benzene rings is 3. The highest BCUT2D eigenvalue weighted by molar-refractivity contribution is 7.85. The van der Waals surface area contributed by atoms with Crippen molar-refractivity contribution < 1.29 is 39.7 Å². The van der Waals surface area contributed by atoms with Gasteiger partial charge in [-0.05, 0) is 48.2 Å². The Kier molecular flexibility index (Phi) is 8.50. The maximum absolute atomic E-state index is 11.3. The third kappa shape index (κ3) is 7.26. The summed E-state index contributed by atoms with van der Waals surface area (Å²) < 4.78 is 81.4. The van der Waals surface area contributed by atoms with Crippen molar-refractivity contribution in [2.75, 3.05) is 23.0 Å². The lowest BCUT2D eigenvalue weighted by molar-refractivity contribution is -0.677. The van der Waals surface area contributed by atoms with Crippen LogP contribution in [0.5, 0.6) is 5.75 Å². The molecule has 10 nitrogen and oxygen atoms in total. The van der Waals surface area contributed by atoms with Crippen molar-refractivity contribution in [3.63, 3.8) is 0 Å². The molecule has 0 radical (unpaired) electrons. The molecule has 12 heteroatoms. The maximum Gasteiger partial charge on any atom is 0.374 e. The van der Waals surface area contributed by atoms with Gasteiger partial charge >= 0.3 is 5.89 Å². The Morgan fingerprint density at radius 1 is 0.881 bits per heavy atom. The number of hydrogen-bond donors (Lipinski definition) is 0. The molecule has 220 valence electrons. The molecule has 1 aromatic heterocycles.